The van der Waals surface area contributed by atoms with Gasteiger partial charge in [0, 0.05) is 5.69 Å². The highest BCUT2D eigenvalue weighted by Gasteiger charge is 2.49. The maximum absolute atomic E-state index is 13.0. The van der Waals surface area contributed by atoms with Gasteiger partial charge in [-0.05, 0) is 48.9 Å². The second-order valence-electron chi connectivity index (χ2n) is 6.75. The Balaban J connectivity index is 1.49. The van der Waals surface area contributed by atoms with Crippen LogP contribution in [0.15, 0.2) is 42.5 Å². The molecule has 0 radical (unpaired) electrons. The summed E-state index contributed by atoms with van der Waals surface area (Å²) in [7, 11) is 0. The number of rotatable bonds is 4. The minimum absolute atomic E-state index is 0.0947. The molecule has 4 amide bonds. The SMILES string of the molecule is C[C@@]1(c2ccc3c(c2)OCO3)NC(=O)N(CC(=O)Nc2ccc(C#N)cc2)C1=O. The quantitative estimate of drug-likeness (QED) is 0.764. The second kappa shape index (κ2) is 6.83. The minimum atomic E-state index is -1.33. The summed E-state index contributed by atoms with van der Waals surface area (Å²) in [6, 6.07) is 12.6. The summed E-state index contributed by atoms with van der Waals surface area (Å²) in [5, 5.41) is 14.1. The number of nitriles is 1. The Kier molecular flexibility index (Phi) is 4.31. The van der Waals surface area contributed by atoms with E-state index < -0.39 is 29.9 Å². The van der Waals surface area contributed by atoms with Gasteiger partial charge < -0.3 is 20.1 Å². The number of nitrogens with zero attached hydrogens (tertiary/aromatic N) is 2. The number of hydrogen-bond acceptors (Lipinski definition) is 6. The van der Waals surface area contributed by atoms with E-state index in [4.69, 9.17) is 14.7 Å². The van der Waals surface area contributed by atoms with Crippen LogP contribution < -0.4 is 20.1 Å². The molecule has 9 nitrogen and oxygen atoms in total. The van der Waals surface area contributed by atoms with Crippen molar-refractivity contribution in [3.8, 4) is 17.6 Å². The molecule has 0 aromatic heterocycles. The van der Waals surface area contributed by atoms with E-state index in [0.717, 1.165) is 4.90 Å². The standard InChI is InChI=1S/C20H16N4O5/c1-20(13-4-7-15-16(8-13)29-11-28-15)18(26)24(19(27)23-20)10-17(25)22-14-5-2-12(9-21)3-6-14/h2-8H,10-11H2,1H3,(H,22,25)(H,23,27)/t20-/m0/s1. The minimum Gasteiger partial charge on any atom is -0.454 e. The summed E-state index contributed by atoms with van der Waals surface area (Å²) in [4.78, 5) is 38.6. The Morgan fingerprint density at radius 3 is 2.66 bits per heavy atom. The van der Waals surface area contributed by atoms with Crippen molar-refractivity contribution >= 4 is 23.5 Å². The molecule has 2 aromatic rings. The molecule has 4 rings (SSSR count). The van der Waals surface area contributed by atoms with Gasteiger partial charge in [-0.15, -0.1) is 0 Å². The molecular weight excluding hydrogens is 376 g/mol. The summed E-state index contributed by atoms with van der Waals surface area (Å²) in [6.07, 6.45) is 0. The van der Waals surface area contributed by atoms with Gasteiger partial charge in [0.2, 0.25) is 12.7 Å². The fourth-order valence-corrected chi connectivity index (χ4v) is 3.22. The van der Waals surface area contributed by atoms with E-state index in [1.165, 1.54) is 0 Å². The number of anilines is 1. The van der Waals surface area contributed by atoms with Gasteiger partial charge in [-0.1, -0.05) is 6.07 Å². The van der Waals surface area contributed by atoms with E-state index in [-0.39, 0.29) is 6.79 Å². The molecule has 0 saturated carbocycles. The van der Waals surface area contributed by atoms with Crippen molar-refractivity contribution in [3.63, 3.8) is 0 Å². The van der Waals surface area contributed by atoms with Gasteiger partial charge in [0.05, 0.1) is 11.6 Å². The molecule has 1 fully saturated rings. The molecule has 0 bridgehead atoms. The zero-order valence-electron chi connectivity index (χ0n) is 15.4. The monoisotopic (exact) mass is 392 g/mol. The molecule has 2 aromatic carbocycles. The highest BCUT2D eigenvalue weighted by molar-refractivity contribution is 6.10. The van der Waals surface area contributed by atoms with Gasteiger partial charge in [0.25, 0.3) is 5.91 Å². The Labute approximate surface area is 165 Å². The molecule has 0 aliphatic carbocycles. The predicted molar refractivity (Wildman–Crippen MR) is 99.9 cm³/mol. The van der Waals surface area contributed by atoms with Gasteiger partial charge in [0.15, 0.2) is 11.5 Å². The number of ether oxygens (including phenoxy) is 2. The lowest BCUT2D eigenvalue weighted by Gasteiger charge is -2.22. The summed E-state index contributed by atoms with van der Waals surface area (Å²) in [5.74, 6) is -0.0277. The predicted octanol–water partition coefficient (Wildman–Crippen LogP) is 1.69. The number of carbonyl (C=O) groups excluding carboxylic acids is 3. The van der Waals surface area contributed by atoms with Crippen LogP contribution in [-0.4, -0.2) is 36.1 Å². The zero-order valence-corrected chi connectivity index (χ0v) is 15.4. The van der Waals surface area contributed by atoms with E-state index in [1.54, 1.807) is 49.4 Å². The third kappa shape index (κ3) is 3.21. The summed E-state index contributed by atoms with van der Waals surface area (Å²) in [6.45, 7) is 1.23. The van der Waals surface area contributed by atoms with Crippen LogP contribution in [-0.2, 0) is 15.1 Å². The zero-order chi connectivity index (χ0) is 20.6. The lowest BCUT2D eigenvalue weighted by atomic mass is 9.91. The van der Waals surface area contributed by atoms with Crippen LogP contribution >= 0.6 is 0 Å². The van der Waals surface area contributed by atoms with E-state index in [1.807, 2.05) is 6.07 Å². The number of fused-ring (bicyclic) bond motifs is 1. The highest BCUT2D eigenvalue weighted by atomic mass is 16.7. The molecule has 0 unspecified atom stereocenters. The maximum atomic E-state index is 13.0. The molecule has 1 atom stereocenters. The number of benzene rings is 2. The van der Waals surface area contributed by atoms with E-state index in [2.05, 4.69) is 10.6 Å². The number of hydrogen-bond donors (Lipinski definition) is 2. The molecule has 2 heterocycles. The van der Waals surface area contributed by atoms with Crippen molar-refractivity contribution in [1.29, 1.82) is 5.26 Å². The van der Waals surface area contributed by atoms with E-state index in [0.29, 0.717) is 28.3 Å². The fourth-order valence-electron chi connectivity index (χ4n) is 3.22. The third-order valence-electron chi connectivity index (χ3n) is 4.82. The van der Waals surface area contributed by atoms with Gasteiger partial charge in [0.1, 0.15) is 12.1 Å². The molecule has 146 valence electrons. The van der Waals surface area contributed by atoms with Crippen molar-refractivity contribution in [2.45, 2.75) is 12.5 Å². The van der Waals surface area contributed by atoms with Gasteiger partial charge in [-0.25, -0.2) is 4.79 Å². The fraction of sp³-hybridized carbons (Fsp3) is 0.200. The summed E-state index contributed by atoms with van der Waals surface area (Å²) in [5.41, 5.74) is 0.110. The molecular formula is C20H16N4O5. The van der Waals surface area contributed by atoms with Crippen molar-refractivity contribution < 1.29 is 23.9 Å². The van der Waals surface area contributed by atoms with Crippen LogP contribution in [0.5, 0.6) is 11.5 Å². The van der Waals surface area contributed by atoms with Crippen molar-refractivity contribution in [1.82, 2.24) is 10.2 Å². The Hall–Kier alpha value is -4.06. The van der Waals surface area contributed by atoms with Crippen molar-refractivity contribution in [3.05, 3.63) is 53.6 Å². The highest BCUT2D eigenvalue weighted by Crippen LogP contribution is 2.37. The largest absolute Gasteiger partial charge is 0.454 e. The van der Waals surface area contributed by atoms with Crippen LogP contribution in [0, 0.1) is 11.3 Å². The van der Waals surface area contributed by atoms with Crippen molar-refractivity contribution in [2.24, 2.45) is 0 Å². The number of carbonyl (C=O) groups is 3. The van der Waals surface area contributed by atoms with Crippen LogP contribution in [0.4, 0.5) is 10.5 Å². The van der Waals surface area contributed by atoms with Crippen LogP contribution in [0.1, 0.15) is 18.1 Å². The maximum Gasteiger partial charge on any atom is 0.325 e. The Bertz CT molecular complexity index is 1060. The molecule has 0 spiro atoms. The number of urea groups is 1. The molecule has 2 N–H and O–H groups in total. The van der Waals surface area contributed by atoms with Crippen LogP contribution in [0.3, 0.4) is 0 Å². The third-order valence-corrected chi connectivity index (χ3v) is 4.82. The van der Waals surface area contributed by atoms with Crippen LogP contribution in [0.2, 0.25) is 0 Å². The van der Waals surface area contributed by atoms with E-state index >= 15 is 0 Å². The topological polar surface area (TPSA) is 121 Å². The lowest BCUT2D eigenvalue weighted by Crippen LogP contribution is -2.42. The Morgan fingerprint density at radius 1 is 1.21 bits per heavy atom. The molecule has 29 heavy (non-hydrogen) atoms. The lowest BCUT2D eigenvalue weighted by molar-refractivity contribution is -0.133. The molecule has 9 heteroatoms. The van der Waals surface area contributed by atoms with Crippen molar-refractivity contribution in [2.75, 3.05) is 18.7 Å². The first-order valence-corrected chi connectivity index (χ1v) is 8.75. The normalized spacial score (nSPS) is 19.7. The Morgan fingerprint density at radius 2 is 1.93 bits per heavy atom. The first kappa shape index (κ1) is 18.3. The van der Waals surface area contributed by atoms with Gasteiger partial charge >= 0.3 is 6.03 Å². The van der Waals surface area contributed by atoms with Crippen LogP contribution in [0.25, 0.3) is 0 Å². The van der Waals surface area contributed by atoms with Gasteiger partial charge in [-0.2, -0.15) is 5.26 Å². The molecule has 2 aliphatic rings. The average molecular weight is 392 g/mol. The van der Waals surface area contributed by atoms with Gasteiger partial charge in [-0.3, -0.25) is 14.5 Å². The number of amides is 4. The molecule has 2 aliphatic heterocycles. The molecule has 1 saturated heterocycles. The second-order valence-corrected chi connectivity index (χ2v) is 6.75. The number of nitrogens with one attached hydrogen (secondary N) is 2. The smallest absolute Gasteiger partial charge is 0.325 e. The first-order valence-electron chi connectivity index (χ1n) is 8.75. The summed E-state index contributed by atoms with van der Waals surface area (Å²) < 4.78 is 10.6. The first-order chi connectivity index (χ1) is 13.9. The number of imide groups is 1. The van der Waals surface area contributed by atoms with E-state index in [9.17, 15) is 14.4 Å². The summed E-state index contributed by atoms with van der Waals surface area (Å²) >= 11 is 0. The average Bonchev–Trinajstić information content (AvgIpc) is 3.27.